The summed E-state index contributed by atoms with van der Waals surface area (Å²) in [4.78, 5) is 12.3. The van der Waals surface area contributed by atoms with Crippen molar-refractivity contribution in [1.29, 1.82) is 0 Å². The van der Waals surface area contributed by atoms with E-state index in [-0.39, 0.29) is 17.9 Å². The molecule has 0 saturated carbocycles. The number of carbonyl (C=O) groups is 1. The van der Waals surface area contributed by atoms with Gasteiger partial charge in [-0.1, -0.05) is 40.0 Å². The minimum atomic E-state index is 0.194. The lowest BCUT2D eigenvalue weighted by atomic mass is 9.87. The summed E-state index contributed by atoms with van der Waals surface area (Å²) in [5, 5.41) is 3.15. The number of amides is 1. The normalized spacial score (nSPS) is 31.2. The predicted octanol–water partition coefficient (Wildman–Crippen LogP) is 4.52. The SMILES string of the molecule is CC[C@@H]1CCC[C@H](C)CC[C@@H](OCOC)[C@H](CC)CCCNC1=O. The van der Waals surface area contributed by atoms with Crippen LogP contribution >= 0.6 is 0 Å². The van der Waals surface area contributed by atoms with Crippen LogP contribution < -0.4 is 5.32 Å². The summed E-state index contributed by atoms with van der Waals surface area (Å²) >= 11 is 0. The molecule has 1 amide bonds. The van der Waals surface area contributed by atoms with Crippen molar-refractivity contribution in [2.24, 2.45) is 17.8 Å². The van der Waals surface area contributed by atoms with Gasteiger partial charge in [0.25, 0.3) is 0 Å². The van der Waals surface area contributed by atoms with Gasteiger partial charge in [-0.3, -0.25) is 4.79 Å². The molecule has 24 heavy (non-hydrogen) atoms. The van der Waals surface area contributed by atoms with Crippen molar-refractivity contribution in [3.63, 3.8) is 0 Å². The molecule has 4 atom stereocenters. The quantitative estimate of drug-likeness (QED) is 0.748. The molecule has 0 bridgehead atoms. The Morgan fingerprint density at radius 1 is 1.04 bits per heavy atom. The van der Waals surface area contributed by atoms with Crippen LogP contribution in [0.2, 0.25) is 0 Å². The van der Waals surface area contributed by atoms with E-state index in [1.54, 1.807) is 7.11 Å². The summed E-state index contributed by atoms with van der Waals surface area (Å²) in [7, 11) is 1.69. The first-order valence-electron chi connectivity index (χ1n) is 10.0. The monoisotopic (exact) mass is 341 g/mol. The molecule has 1 aliphatic heterocycles. The van der Waals surface area contributed by atoms with Crippen LogP contribution in [0.5, 0.6) is 0 Å². The van der Waals surface area contributed by atoms with Crippen molar-refractivity contribution in [3.8, 4) is 0 Å². The first-order chi connectivity index (χ1) is 11.6. The number of hydrogen-bond donors (Lipinski definition) is 1. The fraction of sp³-hybridized carbons (Fsp3) is 0.950. The van der Waals surface area contributed by atoms with E-state index in [1.807, 2.05) is 0 Å². The van der Waals surface area contributed by atoms with Crippen molar-refractivity contribution in [1.82, 2.24) is 5.32 Å². The van der Waals surface area contributed by atoms with E-state index >= 15 is 0 Å². The van der Waals surface area contributed by atoms with Crippen molar-refractivity contribution in [2.75, 3.05) is 20.4 Å². The number of hydrogen-bond acceptors (Lipinski definition) is 3. The van der Waals surface area contributed by atoms with Crippen LogP contribution in [-0.4, -0.2) is 32.5 Å². The number of ether oxygens (including phenoxy) is 2. The Morgan fingerprint density at radius 3 is 2.50 bits per heavy atom. The van der Waals surface area contributed by atoms with E-state index < -0.39 is 0 Å². The molecule has 1 saturated heterocycles. The van der Waals surface area contributed by atoms with E-state index in [0.29, 0.717) is 18.6 Å². The average Bonchev–Trinajstić information content (AvgIpc) is 2.58. The standard InChI is InChI=1S/C20H39NO3/c1-5-17-11-8-14-21-20(22)18(6-2)10-7-9-16(3)12-13-19(17)24-15-23-4/h16-19H,5-15H2,1-4H3,(H,21,22)/t16-,17+,18+,19+/m0/s1. The minimum Gasteiger partial charge on any atom is -0.359 e. The molecule has 0 aromatic rings. The zero-order chi connectivity index (χ0) is 17.8. The molecule has 0 aliphatic carbocycles. The Balaban J connectivity index is 2.67. The lowest BCUT2D eigenvalue weighted by Crippen LogP contribution is -2.32. The third-order valence-corrected chi connectivity index (χ3v) is 5.56. The molecule has 4 heteroatoms. The summed E-state index contributed by atoms with van der Waals surface area (Å²) in [6.45, 7) is 7.87. The van der Waals surface area contributed by atoms with Crippen molar-refractivity contribution in [2.45, 2.75) is 84.7 Å². The van der Waals surface area contributed by atoms with E-state index in [1.165, 1.54) is 12.8 Å². The molecule has 0 aromatic heterocycles. The third-order valence-electron chi connectivity index (χ3n) is 5.56. The number of nitrogens with one attached hydrogen (secondary N) is 1. The van der Waals surface area contributed by atoms with E-state index in [0.717, 1.165) is 51.5 Å². The van der Waals surface area contributed by atoms with Gasteiger partial charge in [0.05, 0.1) is 6.10 Å². The largest absolute Gasteiger partial charge is 0.359 e. The Kier molecular flexibility index (Phi) is 11.4. The van der Waals surface area contributed by atoms with Crippen LogP contribution in [-0.2, 0) is 14.3 Å². The molecule has 1 fully saturated rings. The van der Waals surface area contributed by atoms with Gasteiger partial charge in [0, 0.05) is 19.6 Å². The topological polar surface area (TPSA) is 47.6 Å². The fourth-order valence-electron chi connectivity index (χ4n) is 3.81. The highest BCUT2D eigenvalue weighted by atomic mass is 16.7. The Hall–Kier alpha value is -0.610. The van der Waals surface area contributed by atoms with Gasteiger partial charge in [0.2, 0.25) is 5.91 Å². The minimum absolute atomic E-state index is 0.194. The van der Waals surface area contributed by atoms with Crippen molar-refractivity contribution in [3.05, 3.63) is 0 Å². The number of rotatable bonds is 5. The molecule has 0 radical (unpaired) electrons. The second-order valence-electron chi connectivity index (χ2n) is 7.43. The van der Waals surface area contributed by atoms with E-state index in [4.69, 9.17) is 9.47 Å². The molecule has 4 nitrogen and oxygen atoms in total. The Morgan fingerprint density at radius 2 is 1.83 bits per heavy atom. The molecule has 0 spiro atoms. The maximum absolute atomic E-state index is 12.3. The molecule has 142 valence electrons. The molecule has 1 aliphatic rings. The number of carbonyl (C=O) groups excluding carboxylic acids is 1. The average molecular weight is 342 g/mol. The second-order valence-corrected chi connectivity index (χ2v) is 7.43. The molecule has 1 N–H and O–H groups in total. The van der Waals surface area contributed by atoms with Gasteiger partial charge in [0.15, 0.2) is 0 Å². The molecular weight excluding hydrogens is 302 g/mol. The summed E-state index contributed by atoms with van der Waals surface area (Å²) in [5.74, 6) is 1.69. The summed E-state index contributed by atoms with van der Waals surface area (Å²) in [6, 6.07) is 0. The molecule has 1 heterocycles. The van der Waals surface area contributed by atoms with Gasteiger partial charge in [-0.05, 0) is 50.4 Å². The third kappa shape index (κ3) is 7.98. The molecule has 1 rings (SSSR count). The highest BCUT2D eigenvalue weighted by Gasteiger charge is 2.23. The van der Waals surface area contributed by atoms with Gasteiger partial charge in [-0.2, -0.15) is 0 Å². The predicted molar refractivity (Wildman–Crippen MR) is 98.8 cm³/mol. The summed E-state index contributed by atoms with van der Waals surface area (Å²) in [5.41, 5.74) is 0. The number of methoxy groups -OCH3 is 1. The maximum Gasteiger partial charge on any atom is 0.223 e. The van der Waals surface area contributed by atoms with E-state index in [9.17, 15) is 4.79 Å². The lowest BCUT2D eigenvalue weighted by Gasteiger charge is -2.28. The lowest BCUT2D eigenvalue weighted by molar-refractivity contribution is -0.125. The van der Waals surface area contributed by atoms with Crippen LogP contribution in [0.3, 0.4) is 0 Å². The maximum atomic E-state index is 12.3. The van der Waals surface area contributed by atoms with Crippen LogP contribution in [0.15, 0.2) is 0 Å². The summed E-state index contributed by atoms with van der Waals surface area (Å²) in [6.07, 6.45) is 10.2. The van der Waals surface area contributed by atoms with Gasteiger partial charge < -0.3 is 14.8 Å². The molecule has 0 aromatic carbocycles. The van der Waals surface area contributed by atoms with Gasteiger partial charge in [0.1, 0.15) is 6.79 Å². The van der Waals surface area contributed by atoms with Crippen LogP contribution in [0, 0.1) is 17.8 Å². The smallest absolute Gasteiger partial charge is 0.223 e. The highest BCUT2D eigenvalue weighted by Crippen LogP contribution is 2.26. The first kappa shape index (κ1) is 21.4. The summed E-state index contributed by atoms with van der Waals surface area (Å²) < 4.78 is 11.1. The first-order valence-corrected chi connectivity index (χ1v) is 10.0. The van der Waals surface area contributed by atoms with Crippen LogP contribution in [0.4, 0.5) is 0 Å². The highest BCUT2D eigenvalue weighted by molar-refractivity contribution is 5.78. The van der Waals surface area contributed by atoms with Crippen molar-refractivity contribution < 1.29 is 14.3 Å². The zero-order valence-electron chi connectivity index (χ0n) is 16.3. The fourth-order valence-corrected chi connectivity index (χ4v) is 3.81. The van der Waals surface area contributed by atoms with Crippen LogP contribution in [0.25, 0.3) is 0 Å². The van der Waals surface area contributed by atoms with Crippen molar-refractivity contribution >= 4 is 5.91 Å². The molecule has 0 unspecified atom stereocenters. The Bertz CT molecular complexity index is 335. The van der Waals surface area contributed by atoms with E-state index in [2.05, 4.69) is 26.1 Å². The van der Waals surface area contributed by atoms with Gasteiger partial charge in [-0.15, -0.1) is 0 Å². The second kappa shape index (κ2) is 12.7. The zero-order valence-corrected chi connectivity index (χ0v) is 16.3. The van der Waals surface area contributed by atoms with Gasteiger partial charge in [-0.25, -0.2) is 0 Å². The van der Waals surface area contributed by atoms with Gasteiger partial charge >= 0.3 is 0 Å². The molecular formula is C20H39NO3. The Labute approximate surface area is 149 Å². The van der Waals surface area contributed by atoms with Crippen LogP contribution in [0.1, 0.15) is 78.6 Å².